The van der Waals surface area contributed by atoms with Gasteiger partial charge in [-0.15, -0.1) is 0 Å². The highest BCUT2D eigenvalue weighted by molar-refractivity contribution is 5.38. The van der Waals surface area contributed by atoms with Gasteiger partial charge in [-0.3, -0.25) is 0 Å². The van der Waals surface area contributed by atoms with Crippen molar-refractivity contribution in [3.05, 3.63) is 24.4 Å². The Morgan fingerprint density at radius 3 is 3.00 bits per heavy atom. The van der Waals surface area contributed by atoms with Crippen LogP contribution in [0.5, 0.6) is 0 Å². The van der Waals surface area contributed by atoms with Gasteiger partial charge in [0.25, 0.3) is 0 Å². The van der Waals surface area contributed by atoms with Crippen LogP contribution in [0.2, 0.25) is 0 Å². The van der Waals surface area contributed by atoms with Crippen molar-refractivity contribution in [2.75, 3.05) is 18.0 Å². The van der Waals surface area contributed by atoms with Gasteiger partial charge in [-0.1, -0.05) is 6.07 Å². The van der Waals surface area contributed by atoms with Gasteiger partial charge in [0.15, 0.2) is 0 Å². The molecule has 0 radical (unpaired) electrons. The van der Waals surface area contributed by atoms with Gasteiger partial charge in [-0.2, -0.15) is 0 Å². The Labute approximate surface area is 90.5 Å². The Hall–Kier alpha value is -1.09. The third-order valence-corrected chi connectivity index (χ3v) is 3.50. The molecule has 0 aliphatic carbocycles. The summed E-state index contributed by atoms with van der Waals surface area (Å²) < 4.78 is 0. The molecule has 0 aromatic carbocycles. The fourth-order valence-corrected chi connectivity index (χ4v) is 2.69. The Morgan fingerprint density at radius 1 is 1.20 bits per heavy atom. The molecule has 0 amide bonds. The highest BCUT2D eigenvalue weighted by atomic mass is 15.2. The monoisotopic (exact) mass is 203 g/mol. The number of hydrogen-bond donors (Lipinski definition) is 1. The zero-order valence-electron chi connectivity index (χ0n) is 8.89. The minimum atomic E-state index is 0.680. The molecule has 2 bridgehead atoms. The first-order chi connectivity index (χ1) is 7.42. The lowest BCUT2D eigenvalue weighted by molar-refractivity contribution is 0.563. The smallest absolute Gasteiger partial charge is 0.128 e. The van der Waals surface area contributed by atoms with Crippen molar-refractivity contribution in [1.29, 1.82) is 0 Å². The molecule has 3 heteroatoms. The fraction of sp³-hybridized carbons (Fsp3) is 0.583. The molecule has 1 N–H and O–H groups in total. The van der Waals surface area contributed by atoms with Crippen molar-refractivity contribution < 1.29 is 0 Å². The summed E-state index contributed by atoms with van der Waals surface area (Å²) >= 11 is 0. The maximum absolute atomic E-state index is 4.43. The second kappa shape index (κ2) is 3.81. The van der Waals surface area contributed by atoms with E-state index in [0.29, 0.717) is 6.04 Å². The molecule has 2 atom stereocenters. The maximum Gasteiger partial charge on any atom is 0.128 e. The molecule has 0 spiro atoms. The number of aromatic nitrogens is 1. The number of nitrogens with one attached hydrogen (secondary N) is 1. The molecule has 2 aliphatic heterocycles. The average Bonchev–Trinajstić information content (AvgIpc) is 2.60. The largest absolute Gasteiger partial charge is 0.355 e. The van der Waals surface area contributed by atoms with Crippen LogP contribution in [0.4, 0.5) is 5.82 Å². The predicted molar refractivity (Wildman–Crippen MR) is 61.0 cm³/mol. The maximum atomic E-state index is 4.43. The summed E-state index contributed by atoms with van der Waals surface area (Å²) in [7, 11) is 0. The second-order valence-corrected chi connectivity index (χ2v) is 4.56. The molecule has 1 aromatic rings. The molecule has 2 aliphatic rings. The summed E-state index contributed by atoms with van der Waals surface area (Å²) in [4.78, 5) is 6.84. The van der Waals surface area contributed by atoms with E-state index < -0.39 is 0 Å². The average molecular weight is 203 g/mol. The van der Waals surface area contributed by atoms with Crippen LogP contribution in [0.3, 0.4) is 0 Å². The summed E-state index contributed by atoms with van der Waals surface area (Å²) in [5, 5.41) is 3.68. The number of hydrogen-bond acceptors (Lipinski definition) is 3. The molecule has 3 nitrogen and oxygen atoms in total. The van der Waals surface area contributed by atoms with Crippen LogP contribution < -0.4 is 10.2 Å². The van der Waals surface area contributed by atoms with Gasteiger partial charge in [-0.25, -0.2) is 4.98 Å². The molecule has 2 unspecified atom stereocenters. The SMILES string of the molecule is c1ccc(N2CCC3CCC(C2)N3)nc1. The number of pyridine rings is 1. The van der Waals surface area contributed by atoms with Crippen molar-refractivity contribution in [2.24, 2.45) is 0 Å². The Kier molecular flexibility index (Phi) is 2.33. The summed E-state index contributed by atoms with van der Waals surface area (Å²) in [5.41, 5.74) is 0. The Morgan fingerprint density at radius 2 is 2.13 bits per heavy atom. The van der Waals surface area contributed by atoms with E-state index in [4.69, 9.17) is 0 Å². The van der Waals surface area contributed by atoms with Gasteiger partial charge in [-0.05, 0) is 31.4 Å². The van der Waals surface area contributed by atoms with Gasteiger partial charge in [0.05, 0.1) is 0 Å². The van der Waals surface area contributed by atoms with Crippen LogP contribution in [-0.4, -0.2) is 30.2 Å². The van der Waals surface area contributed by atoms with Crippen LogP contribution >= 0.6 is 0 Å². The van der Waals surface area contributed by atoms with E-state index in [-0.39, 0.29) is 0 Å². The highest BCUT2D eigenvalue weighted by Gasteiger charge is 2.29. The first-order valence-corrected chi connectivity index (χ1v) is 5.84. The van der Waals surface area contributed by atoms with E-state index >= 15 is 0 Å². The minimum Gasteiger partial charge on any atom is -0.355 e. The Balaban J connectivity index is 1.77. The van der Waals surface area contributed by atoms with Crippen molar-refractivity contribution >= 4 is 5.82 Å². The number of nitrogens with zero attached hydrogens (tertiary/aromatic N) is 2. The van der Waals surface area contributed by atoms with Crippen LogP contribution in [0.25, 0.3) is 0 Å². The van der Waals surface area contributed by atoms with Gasteiger partial charge in [0.2, 0.25) is 0 Å². The van der Waals surface area contributed by atoms with Crippen LogP contribution in [0.1, 0.15) is 19.3 Å². The summed E-state index contributed by atoms with van der Waals surface area (Å²) in [6.07, 6.45) is 5.83. The third-order valence-electron chi connectivity index (χ3n) is 3.50. The summed E-state index contributed by atoms with van der Waals surface area (Å²) in [5.74, 6) is 1.13. The number of rotatable bonds is 1. The Bertz CT molecular complexity index is 325. The van der Waals surface area contributed by atoms with E-state index in [0.717, 1.165) is 24.9 Å². The molecule has 3 heterocycles. The molecule has 80 valence electrons. The number of fused-ring (bicyclic) bond motifs is 2. The van der Waals surface area contributed by atoms with Crippen LogP contribution in [0.15, 0.2) is 24.4 Å². The third kappa shape index (κ3) is 1.84. The molecule has 15 heavy (non-hydrogen) atoms. The first kappa shape index (κ1) is 9.16. The van der Waals surface area contributed by atoms with E-state index in [9.17, 15) is 0 Å². The van der Waals surface area contributed by atoms with E-state index in [1.54, 1.807) is 0 Å². The molecule has 2 fully saturated rings. The molecule has 2 saturated heterocycles. The molecule has 0 saturated carbocycles. The van der Waals surface area contributed by atoms with Gasteiger partial charge in [0.1, 0.15) is 5.82 Å². The van der Waals surface area contributed by atoms with E-state index in [2.05, 4.69) is 27.3 Å². The topological polar surface area (TPSA) is 28.2 Å². The van der Waals surface area contributed by atoms with Gasteiger partial charge in [0, 0.05) is 31.4 Å². The quantitative estimate of drug-likeness (QED) is 0.748. The molecular formula is C12H17N3. The van der Waals surface area contributed by atoms with Crippen molar-refractivity contribution in [3.63, 3.8) is 0 Å². The minimum absolute atomic E-state index is 0.680. The predicted octanol–water partition coefficient (Wildman–Crippen LogP) is 1.41. The zero-order chi connectivity index (χ0) is 10.1. The summed E-state index contributed by atoms with van der Waals surface area (Å²) in [6, 6.07) is 7.59. The molecular weight excluding hydrogens is 186 g/mol. The van der Waals surface area contributed by atoms with Crippen molar-refractivity contribution in [2.45, 2.75) is 31.3 Å². The standard InChI is InChI=1S/C12H17N3/c1-2-7-13-12(3-1)15-8-6-10-4-5-11(9-15)14-10/h1-3,7,10-11,14H,4-6,8-9H2. The van der Waals surface area contributed by atoms with Gasteiger partial charge >= 0.3 is 0 Å². The lowest BCUT2D eigenvalue weighted by Crippen LogP contribution is -2.35. The molecule has 1 aromatic heterocycles. The van der Waals surface area contributed by atoms with Gasteiger partial charge < -0.3 is 10.2 Å². The van der Waals surface area contributed by atoms with Crippen molar-refractivity contribution in [3.8, 4) is 0 Å². The zero-order valence-corrected chi connectivity index (χ0v) is 8.89. The first-order valence-electron chi connectivity index (χ1n) is 5.84. The van der Waals surface area contributed by atoms with E-state index in [1.807, 2.05) is 12.3 Å². The van der Waals surface area contributed by atoms with Crippen LogP contribution in [0, 0.1) is 0 Å². The van der Waals surface area contributed by atoms with E-state index in [1.165, 1.54) is 19.3 Å². The summed E-state index contributed by atoms with van der Waals surface area (Å²) in [6.45, 7) is 2.26. The number of anilines is 1. The second-order valence-electron chi connectivity index (χ2n) is 4.56. The highest BCUT2D eigenvalue weighted by Crippen LogP contribution is 2.23. The molecule has 3 rings (SSSR count). The van der Waals surface area contributed by atoms with Crippen LogP contribution in [-0.2, 0) is 0 Å². The van der Waals surface area contributed by atoms with Crippen molar-refractivity contribution in [1.82, 2.24) is 10.3 Å². The lowest BCUT2D eigenvalue weighted by atomic mass is 10.1. The normalized spacial score (nSPS) is 30.3. The lowest BCUT2D eigenvalue weighted by Gasteiger charge is -2.25. The fourth-order valence-electron chi connectivity index (χ4n) is 2.69.